The van der Waals surface area contributed by atoms with Crippen LogP contribution in [0.4, 0.5) is 0 Å². The molecule has 0 heterocycles. The molecular weight excluding hydrogens is 195 g/mol. The minimum atomic E-state index is 0. The molecule has 0 aromatic rings. The topological polar surface area (TPSA) is 0 Å². The number of hydrogen-bond donors (Lipinski definition) is 0. The van der Waals surface area contributed by atoms with Crippen molar-refractivity contribution in [3.05, 3.63) is 0 Å². The molecule has 0 nitrogen and oxygen atoms in total. The normalized spacial score (nSPS) is 11.5. The van der Waals surface area contributed by atoms with E-state index in [4.69, 9.17) is 0 Å². The van der Waals surface area contributed by atoms with E-state index in [1.807, 2.05) is 0 Å². The molecule has 0 N–H and O–H groups in total. The van der Waals surface area contributed by atoms with Crippen LogP contribution in [-0.4, -0.2) is 17.0 Å². The molecule has 0 aromatic carbocycles. The van der Waals surface area contributed by atoms with Crippen molar-refractivity contribution in [2.45, 2.75) is 58.5 Å². The molecule has 70 valence electrons. The summed E-state index contributed by atoms with van der Waals surface area (Å²) in [4.78, 5) is 0. The third kappa shape index (κ3) is 5.23. The van der Waals surface area contributed by atoms with Gasteiger partial charge < -0.3 is 0 Å². The van der Waals surface area contributed by atoms with Crippen LogP contribution in [0.25, 0.3) is 0 Å². The van der Waals surface area contributed by atoms with E-state index in [-0.39, 0.29) is 25.0 Å². The summed E-state index contributed by atoms with van der Waals surface area (Å²) in [6.07, 6.45) is 0. The van der Waals surface area contributed by atoms with Gasteiger partial charge in [0.05, 0.1) is 0 Å². The molecule has 0 aliphatic carbocycles. The third-order valence-corrected chi connectivity index (χ3v) is 5.37. The van der Waals surface area contributed by atoms with E-state index in [9.17, 15) is 0 Å². The minimum absolute atomic E-state index is 0. The van der Waals surface area contributed by atoms with Crippen molar-refractivity contribution in [2.24, 2.45) is 0 Å². The molecule has 0 radical (unpaired) electrons. The van der Waals surface area contributed by atoms with Crippen molar-refractivity contribution < 1.29 is 17.1 Å². The summed E-state index contributed by atoms with van der Waals surface area (Å²) in [5.41, 5.74) is 2.69. The van der Waals surface area contributed by atoms with Gasteiger partial charge in [0, 0.05) is 17.1 Å². The fourth-order valence-electron chi connectivity index (χ4n) is 1.79. The van der Waals surface area contributed by atoms with Crippen LogP contribution in [0.5, 0.6) is 0 Å². The first-order valence-electron chi connectivity index (χ1n) is 4.24. The van der Waals surface area contributed by atoms with Gasteiger partial charge in [-0.3, -0.25) is 0 Å². The van der Waals surface area contributed by atoms with Gasteiger partial charge >= 0.3 is 0 Å². The van der Waals surface area contributed by atoms with E-state index in [0.717, 1.165) is 17.0 Å². The average molecular weight is 216 g/mol. The zero-order chi connectivity index (χ0) is 8.31. The van der Waals surface area contributed by atoms with Crippen LogP contribution >= 0.6 is 7.92 Å². The van der Waals surface area contributed by atoms with Gasteiger partial charge in [0.1, 0.15) is 0 Å². The quantitative estimate of drug-likeness (QED) is 0.498. The second-order valence-corrected chi connectivity index (χ2v) is 7.72. The van der Waals surface area contributed by atoms with Crippen LogP contribution in [0.2, 0.25) is 0 Å². The van der Waals surface area contributed by atoms with Crippen LogP contribution in [0.3, 0.4) is 0 Å². The summed E-state index contributed by atoms with van der Waals surface area (Å²) >= 11 is 0. The molecule has 0 spiro atoms. The van der Waals surface area contributed by atoms with Crippen molar-refractivity contribution in [2.75, 3.05) is 0 Å². The molecule has 0 rings (SSSR count). The molecule has 0 aliphatic rings. The first kappa shape index (κ1) is 14.5. The van der Waals surface area contributed by atoms with Crippen LogP contribution in [0.1, 0.15) is 41.5 Å². The van der Waals surface area contributed by atoms with Crippen molar-refractivity contribution >= 4 is 7.92 Å². The van der Waals surface area contributed by atoms with Crippen molar-refractivity contribution in [1.29, 1.82) is 0 Å². The van der Waals surface area contributed by atoms with Gasteiger partial charge in [0.15, 0.2) is 0 Å². The van der Waals surface area contributed by atoms with Crippen molar-refractivity contribution in [1.82, 2.24) is 0 Å². The number of rotatable bonds is 3. The van der Waals surface area contributed by atoms with Crippen LogP contribution in [-0.2, 0) is 17.1 Å². The maximum absolute atomic E-state index is 2.35. The Kier molecular flexibility index (Phi) is 8.50. The predicted octanol–water partition coefficient (Wildman–Crippen LogP) is 3.69. The second kappa shape index (κ2) is 6.46. The first-order valence-corrected chi connectivity index (χ1v) is 5.79. The summed E-state index contributed by atoms with van der Waals surface area (Å²) in [6.45, 7) is 14.1. The summed E-state index contributed by atoms with van der Waals surface area (Å²) in [7, 11) is 0.262. The predicted molar refractivity (Wildman–Crippen MR) is 52.3 cm³/mol. The molecule has 0 atom stereocenters. The molecule has 0 fully saturated rings. The van der Waals surface area contributed by atoms with Crippen LogP contribution in [0, 0.1) is 0 Å². The van der Waals surface area contributed by atoms with Gasteiger partial charge in [0.25, 0.3) is 0 Å². The fourth-order valence-corrected chi connectivity index (χ4v) is 5.37. The summed E-state index contributed by atoms with van der Waals surface area (Å²) < 4.78 is 0. The standard InChI is InChI=1S/C9H21P.Fe/c1-7(2)10(8(3)4)9(5)6;/h7-9H,1-6H3;. The molecule has 0 saturated heterocycles. The van der Waals surface area contributed by atoms with Gasteiger partial charge in [-0.2, -0.15) is 0 Å². The van der Waals surface area contributed by atoms with E-state index in [2.05, 4.69) is 41.5 Å². The first-order chi connectivity index (χ1) is 4.46. The van der Waals surface area contributed by atoms with E-state index >= 15 is 0 Å². The Morgan fingerprint density at radius 1 is 0.636 bits per heavy atom. The van der Waals surface area contributed by atoms with E-state index in [0.29, 0.717) is 0 Å². The average Bonchev–Trinajstić information content (AvgIpc) is 1.59. The van der Waals surface area contributed by atoms with Gasteiger partial charge in [0.2, 0.25) is 0 Å². The Morgan fingerprint density at radius 3 is 0.818 bits per heavy atom. The SMILES string of the molecule is CC(C)P(C(C)C)C(C)C.[Fe]. The molecule has 0 amide bonds. The Morgan fingerprint density at radius 2 is 0.818 bits per heavy atom. The zero-order valence-corrected chi connectivity index (χ0v) is 10.5. The Bertz CT molecular complexity index is 70.5. The Balaban J connectivity index is 0. The van der Waals surface area contributed by atoms with Gasteiger partial charge in [-0.1, -0.05) is 49.5 Å². The van der Waals surface area contributed by atoms with Crippen LogP contribution < -0.4 is 0 Å². The Labute approximate surface area is 83.8 Å². The summed E-state index contributed by atoms with van der Waals surface area (Å²) in [5, 5.41) is 0. The molecule has 2 heteroatoms. The molecular formula is C9H21FeP. The molecule has 0 aliphatic heterocycles. The molecule has 0 bridgehead atoms. The van der Waals surface area contributed by atoms with Crippen LogP contribution in [0.15, 0.2) is 0 Å². The third-order valence-electron chi connectivity index (χ3n) is 1.79. The zero-order valence-electron chi connectivity index (χ0n) is 8.53. The van der Waals surface area contributed by atoms with Crippen molar-refractivity contribution in [3.63, 3.8) is 0 Å². The minimum Gasteiger partial charge on any atom is -0.0988 e. The van der Waals surface area contributed by atoms with Gasteiger partial charge in [-0.05, 0) is 17.0 Å². The molecule has 0 aromatic heterocycles. The second-order valence-electron chi connectivity index (χ2n) is 3.73. The van der Waals surface area contributed by atoms with E-state index in [1.54, 1.807) is 0 Å². The summed E-state index contributed by atoms with van der Waals surface area (Å²) in [6, 6.07) is 0. The maximum atomic E-state index is 2.35. The molecule has 0 unspecified atom stereocenters. The monoisotopic (exact) mass is 216 g/mol. The van der Waals surface area contributed by atoms with Crippen molar-refractivity contribution in [3.8, 4) is 0 Å². The fraction of sp³-hybridized carbons (Fsp3) is 1.00. The molecule has 11 heavy (non-hydrogen) atoms. The van der Waals surface area contributed by atoms with E-state index in [1.165, 1.54) is 0 Å². The number of hydrogen-bond acceptors (Lipinski definition) is 0. The van der Waals surface area contributed by atoms with E-state index < -0.39 is 0 Å². The molecule has 0 saturated carbocycles. The van der Waals surface area contributed by atoms with Gasteiger partial charge in [-0.25, -0.2) is 0 Å². The smallest absolute Gasteiger partial charge is 0 e. The Hall–Kier alpha value is 0.949. The maximum Gasteiger partial charge on any atom is 0 e. The largest absolute Gasteiger partial charge is 0.0988 e. The van der Waals surface area contributed by atoms with Gasteiger partial charge in [-0.15, -0.1) is 0 Å². The summed E-state index contributed by atoms with van der Waals surface area (Å²) in [5.74, 6) is 0.